The number of hydrogen-bond donors (Lipinski definition) is 2. The van der Waals surface area contributed by atoms with Crippen molar-refractivity contribution in [2.75, 3.05) is 0 Å². The number of nitrogens with one attached hydrogen (secondary N) is 2. The predicted octanol–water partition coefficient (Wildman–Crippen LogP) is 2.87. The van der Waals surface area contributed by atoms with E-state index >= 15 is 0 Å². The predicted molar refractivity (Wildman–Crippen MR) is 74.4 cm³/mol. The van der Waals surface area contributed by atoms with E-state index < -0.39 is 0 Å². The van der Waals surface area contributed by atoms with Gasteiger partial charge in [-0.05, 0) is 31.9 Å². The van der Waals surface area contributed by atoms with Crippen molar-refractivity contribution < 1.29 is 4.79 Å². The smallest absolute Gasteiger partial charge is 0.223 e. The highest BCUT2D eigenvalue weighted by Gasteiger charge is 2.15. The maximum atomic E-state index is 11.9. The molecule has 0 aliphatic heterocycles. The van der Waals surface area contributed by atoms with Gasteiger partial charge in [-0.1, -0.05) is 25.1 Å². The molecule has 0 bridgehead atoms. The minimum atomic E-state index is -0.00777. The highest BCUT2D eigenvalue weighted by molar-refractivity contribution is 5.84. The monoisotopic (exact) mass is 244 g/mol. The number of carbonyl (C=O) groups is 1. The molecular formula is C15H20N2O. The van der Waals surface area contributed by atoms with Crippen molar-refractivity contribution in [1.82, 2.24) is 10.3 Å². The standard InChI is InChI=1S/C15H20N2O/c1-10(2)17-15(18)11(3)8-12-9-16-14-7-5-4-6-13(12)14/h4-7,9-11,16H,8H2,1-3H3,(H,17,18). The first kappa shape index (κ1) is 12.7. The number of para-hydroxylation sites is 1. The van der Waals surface area contributed by atoms with Gasteiger partial charge in [-0.25, -0.2) is 0 Å². The molecular weight excluding hydrogens is 224 g/mol. The summed E-state index contributed by atoms with van der Waals surface area (Å²) in [5, 5.41) is 4.16. The van der Waals surface area contributed by atoms with Gasteiger partial charge >= 0.3 is 0 Å². The SMILES string of the molecule is CC(C)NC(=O)C(C)Cc1c[nH]c2ccccc12. The Kier molecular flexibility index (Phi) is 3.70. The number of rotatable bonds is 4. The Labute approximate surface area is 108 Å². The van der Waals surface area contributed by atoms with Crippen LogP contribution in [-0.2, 0) is 11.2 Å². The minimum Gasteiger partial charge on any atom is -0.361 e. The molecule has 0 aliphatic rings. The molecule has 1 amide bonds. The maximum absolute atomic E-state index is 11.9. The van der Waals surface area contributed by atoms with Gasteiger partial charge in [-0.3, -0.25) is 4.79 Å². The lowest BCUT2D eigenvalue weighted by molar-refractivity contribution is -0.124. The Bertz CT molecular complexity index is 542. The average Bonchev–Trinajstić information content (AvgIpc) is 2.72. The number of amides is 1. The van der Waals surface area contributed by atoms with Gasteiger partial charge in [0.15, 0.2) is 0 Å². The van der Waals surface area contributed by atoms with Crippen LogP contribution in [0.3, 0.4) is 0 Å². The first-order chi connectivity index (χ1) is 8.58. The number of aromatic nitrogens is 1. The summed E-state index contributed by atoms with van der Waals surface area (Å²) in [6.45, 7) is 5.94. The second-order valence-corrected chi connectivity index (χ2v) is 5.13. The molecule has 1 heterocycles. The van der Waals surface area contributed by atoms with Crippen LogP contribution in [0.2, 0.25) is 0 Å². The molecule has 1 aromatic carbocycles. The summed E-state index contributed by atoms with van der Waals surface area (Å²) in [4.78, 5) is 15.1. The van der Waals surface area contributed by atoms with Crippen LogP contribution < -0.4 is 5.32 Å². The number of aromatic amines is 1. The van der Waals surface area contributed by atoms with E-state index in [4.69, 9.17) is 0 Å². The van der Waals surface area contributed by atoms with Crippen LogP contribution in [0.1, 0.15) is 26.3 Å². The molecule has 96 valence electrons. The molecule has 0 aliphatic carbocycles. The number of hydrogen-bond acceptors (Lipinski definition) is 1. The van der Waals surface area contributed by atoms with Gasteiger partial charge in [0.1, 0.15) is 0 Å². The van der Waals surface area contributed by atoms with E-state index in [0.717, 1.165) is 11.9 Å². The third kappa shape index (κ3) is 2.73. The summed E-state index contributed by atoms with van der Waals surface area (Å²) in [7, 11) is 0. The zero-order chi connectivity index (χ0) is 13.1. The quantitative estimate of drug-likeness (QED) is 0.853. The molecule has 2 rings (SSSR count). The molecule has 1 atom stereocenters. The van der Waals surface area contributed by atoms with Gasteiger partial charge in [0, 0.05) is 29.1 Å². The van der Waals surface area contributed by atoms with Gasteiger partial charge in [-0.15, -0.1) is 0 Å². The van der Waals surface area contributed by atoms with Crippen LogP contribution in [0.15, 0.2) is 30.5 Å². The molecule has 2 N–H and O–H groups in total. The van der Waals surface area contributed by atoms with E-state index in [0.29, 0.717) is 0 Å². The van der Waals surface area contributed by atoms with Crippen LogP contribution in [0, 0.1) is 5.92 Å². The summed E-state index contributed by atoms with van der Waals surface area (Å²) in [5.74, 6) is 0.113. The molecule has 3 nitrogen and oxygen atoms in total. The van der Waals surface area contributed by atoms with E-state index in [9.17, 15) is 4.79 Å². The van der Waals surface area contributed by atoms with Gasteiger partial charge < -0.3 is 10.3 Å². The molecule has 18 heavy (non-hydrogen) atoms. The minimum absolute atomic E-state index is 0.00777. The number of carbonyl (C=O) groups excluding carboxylic acids is 1. The second kappa shape index (κ2) is 5.25. The Morgan fingerprint density at radius 3 is 2.72 bits per heavy atom. The average molecular weight is 244 g/mol. The highest BCUT2D eigenvalue weighted by Crippen LogP contribution is 2.20. The highest BCUT2D eigenvalue weighted by atomic mass is 16.1. The third-order valence-corrected chi connectivity index (χ3v) is 3.08. The van der Waals surface area contributed by atoms with Crippen LogP contribution >= 0.6 is 0 Å². The van der Waals surface area contributed by atoms with Gasteiger partial charge in [-0.2, -0.15) is 0 Å². The molecule has 0 radical (unpaired) electrons. The zero-order valence-corrected chi connectivity index (χ0v) is 11.2. The molecule has 0 spiro atoms. The van der Waals surface area contributed by atoms with Gasteiger partial charge in [0.2, 0.25) is 5.91 Å². The van der Waals surface area contributed by atoms with Crippen molar-refractivity contribution in [3.8, 4) is 0 Å². The molecule has 0 saturated heterocycles. The lowest BCUT2D eigenvalue weighted by atomic mass is 9.99. The normalized spacial score (nSPS) is 12.9. The number of H-pyrrole nitrogens is 1. The van der Waals surface area contributed by atoms with Crippen molar-refractivity contribution in [3.63, 3.8) is 0 Å². The van der Waals surface area contributed by atoms with Crippen LogP contribution in [0.5, 0.6) is 0 Å². The van der Waals surface area contributed by atoms with Gasteiger partial charge in [0.25, 0.3) is 0 Å². The first-order valence-electron chi connectivity index (χ1n) is 6.43. The Hall–Kier alpha value is -1.77. The van der Waals surface area contributed by atoms with Crippen LogP contribution in [-0.4, -0.2) is 16.9 Å². The summed E-state index contributed by atoms with van der Waals surface area (Å²) in [5.41, 5.74) is 2.33. The fourth-order valence-electron chi connectivity index (χ4n) is 2.15. The van der Waals surface area contributed by atoms with Crippen molar-refractivity contribution >= 4 is 16.8 Å². The summed E-state index contributed by atoms with van der Waals surface area (Å²) in [6, 6.07) is 8.38. The van der Waals surface area contributed by atoms with E-state index in [1.165, 1.54) is 10.9 Å². The number of benzene rings is 1. The summed E-state index contributed by atoms with van der Waals surface area (Å²) in [6.07, 6.45) is 2.77. The van der Waals surface area contributed by atoms with Crippen LogP contribution in [0.4, 0.5) is 0 Å². The number of fused-ring (bicyclic) bond motifs is 1. The van der Waals surface area contributed by atoms with Gasteiger partial charge in [0.05, 0.1) is 0 Å². The lowest BCUT2D eigenvalue weighted by Gasteiger charge is -2.14. The summed E-state index contributed by atoms with van der Waals surface area (Å²) >= 11 is 0. The Morgan fingerprint density at radius 2 is 2.00 bits per heavy atom. The molecule has 0 saturated carbocycles. The third-order valence-electron chi connectivity index (χ3n) is 3.08. The van der Waals surface area contributed by atoms with Crippen molar-refractivity contribution in [2.24, 2.45) is 5.92 Å². The lowest BCUT2D eigenvalue weighted by Crippen LogP contribution is -2.35. The fraction of sp³-hybridized carbons (Fsp3) is 0.400. The molecule has 2 aromatic rings. The van der Waals surface area contributed by atoms with E-state index in [2.05, 4.69) is 22.4 Å². The van der Waals surface area contributed by atoms with E-state index in [-0.39, 0.29) is 17.9 Å². The zero-order valence-electron chi connectivity index (χ0n) is 11.2. The summed E-state index contributed by atoms with van der Waals surface area (Å²) < 4.78 is 0. The Balaban J connectivity index is 2.11. The van der Waals surface area contributed by atoms with Crippen molar-refractivity contribution in [3.05, 3.63) is 36.0 Å². The second-order valence-electron chi connectivity index (χ2n) is 5.13. The fourth-order valence-corrected chi connectivity index (χ4v) is 2.15. The molecule has 1 aromatic heterocycles. The first-order valence-corrected chi connectivity index (χ1v) is 6.43. The molecule has 3 heteroatoms. The maximum Gasteiger partial charge on any atom is 0.223 e. The molecule has 1 unspecified atom stereocenters. The molecule has 0 fully saturated rings. The van der Waals surface area contributed by atoms with Crippen molar-refractivity contribution in [2.45, 2.75) is 33.2 Å². The largest absolute Gasteiger partial charge is 0.361 e. The van der Waals surface area contributed by atoms with E-state index in [1.807, 2.05) is 39.1 Å². The van der Waals surface area contributed by atoms with Crippen LogP contribution in [0.25, 0.3) is 10.9 Å². The van der Waals surface area contributed by atoms with Crippen molar-refractivity contribution in [1.29, 1.82) is 0 Å². The Morgan fingerprint density at radius 1 is 1.28 bits per heavy atom. The topological polar surface area (TPSA) is 44.9 Å². The van der Waals surface area contributed by atoms with E-state index in [1.54, 1.807) is 0 Å².